The molecule has 0 aliphatic heterocycles. The Morgan fingerprint density at radius 2 is 1.23 bits per heavy atom. The minimum Gasteiger partial charge on any atom is -0.305 e. The van der Waals surface area contributed by atoms with Gasteiger partial charge < -0.3 is 9.97 Å². The first-order chi connectivity index (χ1) is 29.4. The summed E-state index contributed by atoms with van der Waals surface area (Å²) >= 11 is 0. The van der Waals surface area contributed by atoms with Gasteiger partial charge in [-0.1, -0.05) is 125 Å². The molecule has 1 aliphatic carbocycles. The third-order valence-electron chi connectivity index (χ3n) is 12.4. The molecule has 0 N–H and O–H groups in total. The van der Waals surface area contributed by atoms with E-state index in [2.05, 4.69) is 159 Å². The summed E-state index contributed by atoms with van der Waals surface area (Å²) < 4.78 is 2.08. The summed E-state index contributed by atoms with van der Waals surface area (Å²) in [7, 11) is 0. The quantitative estimate of drug-likeness (QED) is 0.149. The predicted molar refractivity (Wildman–Crippen MR) is 243 cm³/mol. The zero-order valence-electron chi connectivity index (χ0n) is 34.3. The van der Waals surface area contributed by atoms with Gasteiger partial charge in [0.25, 0.3) is 0 Å². The number of para-hydroxylation sites is 2. The van der Waals surface area contributed by atoms with Gasteiger partial charge in [-0.15, -0.1) is 58.7 Å². The van der Waals surface area contributed by atoms with E-state index in [1.807, 2.05) is 49.1 Å². The fourth-order valence-corrected chi connectivity index (χ4v) is 9.68. The van der Waals surface area contributed by atoms with E-state index >= 15 is 0 Å². The third-order valence-corrected chi connectivity index (χ3v) is 12.4. The maximum atomic E-state index is 5.18. The van der Waals surface area contributed by atoms with Crippen LogP contribution in [0.3, 0.4) is 0 Å². The van der Waals surface area contributed by atoms with E-state index < -0.39 is 5.41 Å². The SMILES string of the molecule is CC(C)c1cccc(C(C)C)c1-c1ccnc(-c2[c-]c(C3(c4[c-]c(-c5ccccn5)c5c(c4)ncn4c6ccccc6nc54)c4ccccc4-c4ccccc43)ccc2)c1.[Pt+2]. The molecule has 61 heavy (non-hydrogen) atoms. The van der Waals surface area contributed by atoms with Crippen LogP contribution in [0.4, 0.5) is 0 Å². The van der Waals surface area contributed by atoms with Crippen molar-refractivity contribution in [3.8, 4) is 44.8 Å². The van der Waals surface area contributed by atoms with Gasteiger partial charge in [0.15, 0.2) is 0 Å². The minimum atomic E-state index is -0.804. The summed E-state index contributed by atoms with van der Waals surface area (Å²) in [5.74, 6) is 0.750. The first kappa shape index (κ1) is 38.6. The van der Waals surface area contributed by atoms with Crippen molar-refractivity contribution in [3.05, 3.63) is 210 Å². The molecule has 0 saturated carbocycles. The first-order valence-electron chi connectivity index (χ1n) is 20.8. The van der Waals surface area contributed by atoms with Crippen LogP contribution in [0.1, 0.15) is 72.9 Å². The van der Waals surface area contributed by atoms with Crippen molar-refractivity contribution >= 4 is 27.6 Å². The molecule has 1 aliphatic rings. The summed E-state index contributed by atoms with van der Waals surface area (Å²) in [4.78, 5) is 20.3. The summed E-state index contributed by atoms with van der Waals surface area (Å²) in [5.41, 5.74) is 18.1. The van der Waals surface area contributed by atoms with E-state index in [0.717, 1.165) is 61.2 Å². The van der Waals surface area contributed by atoms with Crippen molar-refractivity contribution in [2.24, 2.45) is 0 Å². The van der Waals surface area contributed by atoms with Crippen molar-refractivity contribution in [1.82, 2.24) is 24.3 Å². The van der Waals surface area contributed by atoms with E-state index in [-0.39, 0.29) is 21.1 Å². The molecule has 4 heterocycles. The van der Waals surface area contributed by atoms with Gasteiger partial charge in [0, 0.05) is 17.8 Å². The van der Waals surface area contributed by atoms with Gasteiger partial charge in [0.05, 0.1) is 17.4 Å². The molecule has 296 valence electrons. The molecule has 0 amide bonds. The predicted octanol–water partition coefficient (Wildman–Crippen LogP) is 13.0. The van der Waals surface area contributed by atoms with Crippen molar-refractivity contribution in [1.29, 1.82) is 0 Å². The molecule has 0 spiro atoms. The average molecular weight is 967 g/mol. The van der Waals surface area contributed by atoms with Gasteiger partial charge >= 0.3 is 21.1 Å². The number of rotatable bonds is 7. The monoisotopic (exact) mass is 966 g/mol. The maximum absolute atomic E-state index is 5.18. The second-order valence-electron chi connectivity index (χ2n) is 16.4. The molecule has 5 nitrogen and oxygen atoms in total. The Bertz CT molecular complexity index is 3220. The fraction of sp³-hybridized carbons (Fsp3) is 0.127. The number of nitrogens with zero attached hydrogens (tertiary/aromatic N) is 5. The van der Waals surface area contributed by atoms with Crippen LogP contribution in [-0.4, -0.2) is 24.3 Å². The van der Waals surface area contributed by atoms with Crippen LogP contribution in [0.2, 0.25) is 0 Å². The van der Waals surface area contributed by atoms with Crippen molar-refractivity contribution < 1.29 is 21.1 Å². The van der Waals surface area contributed by atoms with Crippen LogP contribution in [0.5, 0.6) is 0 Å². The number of pyridine rings is 2. The minimum absolute atomic E-state index is 0. The van der Waals surface area contributed by atoms with Crippen LogP contribution in [0.25, 0.3) is 72.4 Å². The zero-order chi connectivity index (χ0) is 40.5. The van der Waals surface area contributed by atoms with Crippen molar-refractivity contribution in [2.75, 3.05) is 0 Å². The van der Waals surface area contributed by atoms with E-state index in [9.17, 15) is 0 Å². The number of fused-ring (bicyclic) bond motifs is 8. The summed E-state index contributed by atoms with van der Waals surface area (Å²) in [6.45, 7) is 9.10. The Kier molecular flexibility index (Phi) is 9.61. The van der Waals surface area contributed by atoms with Crippen molar-refractivity contribution in [3.63, 3.8) is 0 Å². The summed E-state index contributed by atoms with van der Waals surface area (Å²) in [6.07, 6.45) is 5.69. The summed E-state index contributed by atoms with van der Waals surface area (Å²) in [6, 6.07) is 59.7. The number of hydrogen-bond acceptors (Lipinski definition) is 4. The molecule has 0 bridgehead atoms. The van der Waals surface area contributed by atoms with Gasteiger partial charge in [0.1, 0.15) is 5.65 Å². The normalized spacial score (nSPS) is 12.9. The molecule has 11 rings (SSSR count). The van der Waals surface area contributed by atoms with Gasteiger partial charge in [-0.2, -0.15) is 0 Å². The Morgan fingerprint density at radius 3 is 1.95 bits per heavy atom. The zero-order valence-corrected chi connectivity index (χ0v) is 36.6. The maximum Gasteiger partial charge on any atom is 2.00 e. The molecule has 0 unspecified atom stereocenters. The van der Waals surface area contributed by atoms with Gasteiger partial charge in [-0.3, -0.25) is 9.38 Å². The van der Waals surface area contributed by atoms with Crippen LogP contribution in [-0.2, 0) is 26.5 Å². The van der Waals surface area contributed by atoms with E-state index in [0.29, 0.717) is 11.8 Å². The van der Waals surface area contributed by atoms with Crippen LogP contribution < -0.4 is 0 Å². The molecule has 0 radical (unpaired) electrons. The number of hydrogen-bond donors (Lipinski definition) is 0. The molecule has 6 aromatic carbocycles. The summed E-state index contributed by atoms with van der Waals surface area (Å²) in [5, 5.41) is 0.909. The van der Waals surface area contributed by atoms with Gasteiger partial charge in [-0.05, 0) is 103 Å². The smallest absolute Gasteiger partial charge is 0.305 e. The number of benzene rings is 6. The standard InChI is InChI=1S/C55H41N5.Pt/c1-34(2)40-19-14-20-41(35(3)4)52(40)37-26-28-57-49(30-37)36-15-13-16-38(29-36)55(45-21-7-5-17-42(45)43-18-6-8-22-46(43)55)39-31-44(47-23-11-12-27-56-47)53-50(32-39)58-33-60-51-25-10-9-24-48(51)59-54(53)60;/h5-28,30,32-35H,1-4H3;/q-2;+2. The second kappa shape index (κ2) is 15.2. The molecule has 6 heteroatoms. The third kappa shape index (κ3) is 6.01. The van der Waals surface area contributed by atoms with E-state index in [1.165, 1.54) is 44.5 Å². The van der Waals surface area contributed by atoms with Crippen LogP contribution in [0, 0.1) is 12.1 Å². The molecule has 0 fully saturated rings. The van der Waals surface area contributed by atoms with E-state index in [1.54, 1.807) is 0 Å². The molecule has 0 atom stereocenters. The second-order valence-corrected chi connectivity index (χ2v) is 16.4. The van der Waals surface area contributed by atoms with E-state index in [4.69, 9.17) is 19.9 Å². The number of imidazole rings is 1. The van der Waals surface area contributed by atoms with Crippen molar-refractivity contribution in [2.45, 2.75) is 44.9 Å². The van der Waals surface area contributed by atoms with Gasteiger partial charge in [0.2, 0.25) is 0 Å². The van der Waals surface area contributed by atoms with Crippen LogP contribution in [0.15, 0.2) is 164 Å². The molecule has 0 saturated heterocycles. The largest absolute Gasteiger partial charge is 2.00 e. The first-order valence-corrected chi connectivity index (χ1v) is 20.8. The average Bonchev–Trinajstić information content (AvgIpc) is 3.83. The van der Waals surface area contributed by atoms with Crippen LogP contribution >= 0.6 is 0 Å². The molecular formula is C55H41N5Pt. The topological polar surface area (TPSA) is 56.0 Å². The fourth-order valence-electron chi connectivity index (χ4n) is 9.68. The Hall–Kier alpha value is -6.55. The Labute approximate surface area is 370 Å². The Morgan fingerprint density at radius 1 is 0.557 bits per heavy atom. The molecule has 4 aromatic heterocycles. The molecule has 10 aromatic rings. The Balaban J connectivity index is 0.00000445. The molecular weight excluding hydrogens is 926 g/mol. The van der Waals surface area contributed by atoms with Gasteiger partial charge in [-0.25, -0.2) is 4.98 Å². The number of aromatic nitrogens is 5.